The third kappa shape index (κ3) is 5.85. The molecule has 0 spiro atoms. The maximum atomic E-state index is 12.3. The number of halogens is 3. The zero-order valence-corrected chi connectivity index (χ0v) is 15.5. The van der Waals surface area contributed by atoms with Crippen LogP contribution in [0.15, 0.2) is 28.2 Å². The molecule has 154 valence electrons. The lowest BCUT2D eigenvalue weighted by atomic mass is 10.2. The van der Waals surface area contributed by atoms with Gasteiger partial charge in [-0.25, -0.2) is 19.2 Å². The van der Waals surface area contributed by atoms with Gasteiger partial charge in [0, 0.05) is 43.7 Å². The second-order valence-electron chi connectivity index (χ2n) is 5.35. The lowest BCUT2D eigenvalue weighted by molar-refractivity contribution is -0.192. The number of fused-ring (bicyclic) bond motifs is 1. The van der Waals surface area contributed by atoms with E-state index >= 15 is 0 Å². The maximum Gasteiger partial charge on any atom is 0.490 e. The standard InChI is InChI=1S/C13H16N4O3S.C2HF3O2/c1-16(2)17-7-10(13(19)20)11(18)9-5-8(21-4-3-14)6-15-12(9)17;3-2(4,5)1(6)7/h5-7H,3-4,14H2,1-2H3,(H,19,20);(H,6,7). The van der Waals surface area contributed by atoms with Gasteiger partial charge in [-0.15, -0.1) is 11.8 Å². The predicted octanol–water partition coefficient (Wildman–Crippen LogP) is 0.976. The number of nitrogens with zero attached hydrogens (tertiary/aromatic N) is 3. The van der Waals surface area contributed by atoms with Crippen LogP contribution >= 0.6 is 11.8 Å². The van der Waals surface area contributed by atoms with E-state index in [0.29, 0.717) is 17.9 Å². The van der Waals surface area contributed by atoms with Crippen LogP contribution in [0.25, 0.3) is 11.0 Å². The average molecular weight is 422 g/mol. The lowest BCUT2D eigenvalue weighted by Gasteiger charge is -2.19. The van der Waals surface area contributed by atoms with Crippen molar-refractivity contribution in [3.63, 3.8) is 0 Å². The largest absolute Gasteiger partial charge is 0.490 e. The molecule has 0 aliphatic rings. The second-order valence-corrected chi connectivity index (χ2v) is 6.52. The quantitative estimate of drug-likeness (QED) is 0.602. The summed E-state index contributed by atoms with van der Waals surface area (Å²) in [4.78, 5) is 37.5. The molecule has 13 heteroatoms. The Morgan fingerprint density at radius 3 is 2.32 bits per heavy atom. The fourth-order valence-electron chi connectivity index (χ4n) is 1.89. The number of alkyl halides is 3. The predicted molar refractivity (Wildman–Crippen MR) is 96.5 cm³/mol. The molecule has 0 aliphatic carbocycles. The first-order chi connectivity index (χ1) is 12.9. The maximum absolute atomic E-state index is 12.3. The van der Waals surface area contributed by atoms with Crippen LogP contribution < -0.4 is 16.2 Å². The summed E-state index contributed by atoms with van der Waals surface area (Å²) in [6.07, 6.45) is -2.14. The van der Waals surface area contributed by atoms with Gasteiger partial charge in [0.2, 0.25) is 5.43 Å². The highest BCUT2D eigenvalue weighted by Crippen LogP contribution is 2.20. The van der Waals surface area contributed by atoms with Gasteiger partial charge in [0.15, 0.2) is 5.65 Å². The van der Waals surface area contributed by atoms with Crippen LogP contribution in [0, 0.1) is 0 Å². The van der Waals surface area contributed by atoms with Gasteiger partial charge < -0.3 is 21.0 Å². The number of aromatic carboxylic acids is 1. The molecule has 0 saturated carbocycles. The van der Waals surface area contributed by atoms with Gasteiger partial charge in [-0.2, -0.15) is 13.2 Å². The normalized spacial score (nSPS) is 10.9. The average Bonchev–Trinajstić information content (AvgIpc) is 2.59. The molecule has 2 rings (SSSR count). The van der Waals surface area contributed by atoms with Crippen molar-refractivity contribution in [2.24, 2.45) is 5.73 Å². The Bertz CT molecular complexity index is 930. The number of nitrogens with two attached hydrogens (primary N) is 1. The van der Waals surface area contributed by atoms with Gasteiger partial charge in [0.25, 0.3) is 0 Å². The van der Waals surface area contributed by atoms with E-state index in [4.69, 9.17) is 20.7 Å². The Hall–Kier alpha value is -2.80. The Kier molecular flexibility index (Phi) is 7.81. The summed E-state index contributed by atoms with van der Waals surface area (Å²) in [5.74, 6) is -3.31. The van der Waals surface area contributed by atoms with Crippen LogP contribution in [0.5, 0.6) is 0 Å². The summed E-state index contributed by atoms with van der Waals surface area (Å²) < 4.78 is 33.3. The first-order valence-electron chi connectivity index (χ1n) is 7.49. The van der Waals surface area contributed by atoms with E-state index in [9.17, 15) is 22.8 Å². The van der Waals surface area contributed by atoms with Crippen molar-refractivity contribution in [1.82, 2.24) is 9.66 Å². The van der Waals surface area contributed by atoms with Crippen molar-refractivity contribution in [1.29, 1.82) is 0 Å². The van der Waals surface area contributed by atoms with Gasteiger partial charge in [-0.05, 0) is 6.07 Å². The third-order valence-corrected chi connectivity index (χ3v) is 4.09. The molecule has 0 unspecified atom stereocenters. The molecule has 0 saturated heterocycles. The Morgan fingerprint density at radius 2 is 1.89 bits per heavy atom. The first kappa shape index (κ1) is 23.2. The Balaban J connectivity index is 0.000000480. The number of aromatic nitrogens is 2. The third-order valence-electron chi connectivity index (χ3n) is 3.09. The summed E-state index contributed by atoms with van der Waals surface area (Å²) in [5.41, 5.74) is 5.07. The monoisotopic (exact) mass is 422 g/mol. The van der Waals surface area contributed by atoms with Crippen molar-refractivity contribution in [3.8, 4) is 0 Å². The van der Waals surface area contributed by atoms with Crippen molar-refractivity contribution < 1.29 is 33.0 Å². The highest BCUT2D eigenvalue weighted by Gasteiger charge is 2.38. The van der Waals surface area contributed by atoms with Crippen LogP contribution in [0.3, 0.4) is 0 Å². The van der Waals surface area contributed by atoms with Crippen molar-refractivity contribution in [2.75, 3.05) is 31.4 Å². The summed E-state index contributed by atoms with van der Waals surface area (Å²) in [6, 6.07) is 1.66. The number of rotatable bonds is 5. The van der Waals surface area contributed by atoms with E-state index in [1.54, 1.807) is 31.4 Å². The zero-order valence-electron chi connectivity index (χ0n) is 14.7. The van der Waals surface area contributed by atoms with E-state index in [1.807, 2.05) is 0 Å². The number of carboxylic acids is 2. The molecular weight excluding hydrogens is 405 g/mol. The number of hydrogen-bond donors (Lipinski definition) is 3. The van der Waals surface area contributed by atoms with E-state index < -0.39 is 23.5 Å². The topological polar surface area (TPSA) is 139 Å². The number of aliphatic carboxylic acids is 1. The molecule has 0 radical (unpaired) electrons. The number of pyridine rings is 2. The van der Waals surface area contributed by atoms with Crippen molar-refractivity contribution >= 4 is 34.7 Å². The summed E-state index contributed by atoms with van der Waals surface area (Å²) >= 11 is 1.48. The number of carboxylic acid groups (broad SMARTS) is 2. The van der Waals surface area contributed by atoms with Crippen LogP contribution in [0.1, 0.15) is 10.4 Å². The summed E-state index contributed by atoms with van der Waals surface area (Å²) in [6.45, 7) is 0.514. The van der Waals surface area contributed by atoms with Crippen molar-refractivity contribution in [2.45, 2.75) is 11.1 Å². The molecule has 2 aromatic rings. The van der Waals surface area contributed by atoms with Crippen LogP contribution in [0.2, 0.25) is 0 Å². The van der Waals surface area contributed by atoms with Crippen LogP contribution in [-0.2, 0) is 4.79 Å². The van der Waals surface area contributed by atoms with Crippen molar-refractivity contribution in [3.05, 3.63) is 34.2 Å². The molecule has 0 aromatic carbocycles. The number of thioether (sulfide) groups is 1. The minimum absolute atomic E-state index is 0.279. The molecule has 0 bridgehead atoms. The molecule has 0 aliphatic heterocycles. The minimum atomic E-state index is -5.08. The van der Waals surface area contributed by atoms with Gasteiger partial charge in [0.05, 0.1) is 5.39 Å². The van der Waals surface area contributed by atoms with Gasteiger partial charge in [-0.3, -0.25) is 4.79 Å². The molecule has 0 fully saturated rings. The number of carbonyl (C=O) groups is 2. The lowest BCUT2D eigenvalue weighted by Crippen LogP contribution is -2.30. The zero-order chi connectivity index (χ0) is 21.6. The molecule has 0 atom stereocenters. The molecule has 2 heterocycles. The molecule has 2 aromatic heterocycles. The van der Waals surface area contributed by atoms with E-state index in [2.05, 4.69) is 4.98 Å². The fourth-order valence-corrected chi connectivity index (χ4v) is 2.57. The van der Waals surface area contributed by atoms with Gasteiger partial charge in [0.1, 0.15) is 5.56 Å². The van der Waals surface area contributed by atoms with E-state index in [-0.39, 0.29) is 10.9 Å². The summed E-state index contributed by atoms with van der Waals surface area (Å²) in [7, 11) is 3.49. The fraction of sp³-hybridized carbons (Fsp3) is 0.333. The smallest absolute Gasteiger partial charge is 0.477 e. The van der Waals surface area contributed by atoms with Gasteiger partial charge >= 0.3 is 18.1 Å². The molecule has 9 nitrogen and oxygen atoms in total. The molecule has 28 heavy (non-hydrogen) atoms. The SMILES string of the molecule is CN(C)n1cc(C(=O)O)c(=O)c2cc(SCCN)cnc21.O=C(O)C(F)(F)F. The second kappa shape index (κ2) is 9.41. The van der Waals surface area contributed by atoms with E-state index in [0.717, 1.165) is 4.90 Å². The van der Waals surface area contributed by atoms with E-state index in [1.165, 1.54) is 22.6 Å². The minimum Gasteiger partial charge on any atom is -0.477 e. The highest BCUT2D eigenvalue weighted by molar-refractivity contribution is 7.99. The highest BCUT2D eigenvalue weighted by atomic mass is 32.2. The molecular formula is C15H17F3N4O5S. The molecule has 0 amide bonds. The summed E-state index contributed by atoms with van der Waals surface area (Å²) in [5, 5.41) is 18.2. The first-order valence-corrected chi connectivity index (χ1v) is 8.48. The van der Waals surface area contributed by atoms with Gasteiger partial charge in [-0.1, -0.05) is 0 Å². The van der Waals surface area contributed by atoms with Crippen LogP contribution in [0.4, 0.5) is 13.2 Å². The number of hydrogen-bond acceptors (Lipinski definition) is 7. The van der Waals surface area contributed by atoms with Crippen LogP contribution in [-0.4, -0.2) is 64.4 Å². The molecule has 4 N–H and O–H groups in total. The Morgan fingerprint density at radius 1 is 1.32 bits per heavy atom. The Labute approximate surface area is 160 Å².